The molecule has 0 aromatic heterocycles. The van der Waals surface area contributed by atoms with Crippen LogP contribution < -0.4 is 0 Å². The van der Waals surface area contributed by atoms with Crippen molar-refractivity contribution in [2.24, 2.45) is 0 Å². The van der Waals surface area contributed by atoms with E-state index in [2.05, 4.69) is 15.9 Å². The molecule has 1 aliphatic rings. The largest absolute Gasteiger partial charge is 0.293 e. The molecule has 1 aromatic rings. The van der Waals surface area contributed by atoms with Gasteiger partial charge in [0.2, 0.25) is 0 Å². The van der Waals surface area contributed by atoms with Gasteiger partial charge in [-0.2, -0.15) is 0 Å². The minimum absolute atomic E-state index is 0.172. The summed E-state index contributed by atoms with van der Waals surface area (Å²) < 4.78 is 25.5. The Hall–Kier alpha value is -0.770. The first-order chi connectivity index (χ1) is 6.09. The van der Waals surface area contributed by atoms with Gasteiger partial charge >= 0.3 is 0 Å². The molecular formula is C9H5BrF2O. The molecule has 13 heavy (non-hydrogen) atoms. The number of alkyl halides is 1. The van der Waals surface area contributed by atoms with Crippen molar-refractivity contribution < 1.29 is 13.6 Å². The molecular weight excluding hydrogens is 242 g/mol. The van der Waals surface area contributed by atoms with E-state index >= 15 is 0 Å². The van der Waals surface area contributed by atoms with Crippen LogP contribution in [0.5, 0.6) is 0 Å². The number of ketones is 1. The monoisotopic (exact) mass is 246 g/mol. The number of carbonyl (C=O) groups is 1. The van der Waals surface area contributed by atoms with Crippen LogP contribution in [0.15, 0.2) is 12.1 Å². The predicted molar refractivity (Wildman–Crippen MR) is 47.1 cm³/mol. The van der Waals surface area contributed by atoms with Crippen molar-refractivity contribution in [3.8, 4) is 0 Å². The van der Waals surface area contributed by atoms with Crippen LogP contribution >= 0.6 is 15.9 Å². The third-order valence-electron chi connectivity index (χ3n) is 2.10. The standard InChI is InChI=1S/C9H5BrF2O/c10-6-1-4-2-7(11)8(12)3-5(4)9(6)13/h2-3,6H,1H2/t6-/m1/s1. The van der Waals surface area contributed by atoms with Gasteiger partial charge in [0.15, 0.2) is 17.4 Å². The van der Waals surface area contributed by atoms with Gasteiger partial charge < -0.3 is 0 Å². The van der Waals surface area contributed by atoms with E-state index in [9.17, 15) is 13.6 Å². The van der Waals surface area contributed by atoms with Gasteiger partial charge in [-0.3, -0.25) is 4.79 Å². The van der Waals surface area contributed by atoms with Crippen molar-refractivity contribution in [2.75, 3.05) is 0 Å². The summed E-state index contributed by atoms with van der Waals surface area (Å²) in [5.41, 5.74) is 0.867. The molecule has 0 bridgehead atoms. The molecule has 68 valence electrons. The normalized spacial score (nSPS) is 20.5. The van der Waals surface area contributed by atoms with E-state index in [-0.39, 0.29) is 10.6 Å². The van der Waals surface area contributed by atoms with Crippen LogP contribution in [0.3, 0.4) is 0 Å². The molecule has 4 heteroatoms. The molecule has 0 saturated heterocycles. The summed E-state index contributed by atoms with van der Waals surface area (Å²) in [6.45, 7) is 0. The van der Waals surface area contributed by atoms with Crippen molar-refractivity contribution in [1.29, 1.82) is 0 Å². The molecule has 1 aliphatic carbocycles. The molecule has 1 atom stereocenters. The maximum atomic E-state index is 12.7. The van der Waals surface area contributed by atoms with Gasteiger partial charge in [0.1, 0.15) is 0 Å². The number of rotatable bonds is 0. The highest BCUT2D eigenvalue weighted by Crippen LogP contribution is 2.28. The fourth-order valence-corrected chi connectivity index (χ4v) is 2.04. The summed E-state index contributed by atoms with van der Waals surface area (Å²) in [6.07, 6.45) is 0.436. The first-order valence-corrected chi connectivity index (χ1v) is 4.67. The summed E-state index contributed by atoms with van der Waals surface area (Å²) in [6, 6.07) is 2.05. The van der Waals surface area contributed by atoms with Crippen molar-refractivity contribution in [2.45, 2.75) is 11.2 Å². The highest BCUT2D eigenvalue weighted by atomic mass is 79.9. The van der Waals surface area contributed by atoms with Gasteiger partial charge in [-0.1, -0.05) is 15.9 Å². The van der Waals surface area contributed by atoms with Crippen LogP contribution in [-0.4, -0.2) is 10.6 Å². The van der Waals surface area contributed by atoms with Crippen LogP contribution in [0, 0.1) is 11.6 Å². The van der Waals surface area contributed by atoms with Gasteiger partial charge in [0.05, 0.1) is 4.83 Å². The number of Topliss-reactive ketones (excluding diaryl/α,β-unsaturated/α-hetero) is 1. The SMILES string of the molecule is O=C1c2cc(F)c(F)cc2C[C@H]1Br. The summed E-state index contributed by atoms with van der Waals surface area (Å²) in [7, 11) is 0. The van der Waals surface area contributed by atoms with E-state index < -0.39 is 11.6 Å². The Morgan fingerprint density at radius 2 is 1.92 bits per heavy atom. The van der Waals surface area contributed by atoms with Crippen molar-refractivity contribution >= 4 is 21.7 Å². The van der Waals surface area contributed by atoms with E-state index in [0.29, 0.717) is 17.5 Å². The number of carbonyl (C=O) groups excluding carboxylic acids is 1. The first-order valence-electron chi connectivity index (χ1n) is 3.76. The Kier molecular flexibility index (Phi) is 1.95. The Morgan fingerprint density at radius 1 is 1.31 bits per heavy atom. The average Bonchev–Trinajstić information content (AvgIpc) is 2.32. The Bertz CT molecular complexity index is 389. The van der Waals surface area contributed by atoms with Gasteiger partial charge in [0.25, 0.3) is 0 Å². The minimum atomic E-state index is -0.964. The number of fused-ring (bicyclic) bond motifs is 1. The Morgan fingerprint density at radius 3 is 2.62 bits per heavy atom. The zero-order valence-corrected chi connectivity index (χ0v) is 8.07. The van der Waals surface area contributed by atoms with E-state index in [1.54, 1.807) is 0 Å². The molecule has 0 saturated carbocycles. The maximum absolute atomic E-state index is 12.7. The smallest absolute Gasteiger partial charge is 0.177 e. The Balaban J connectivity index is 2.59. The predicted octanol–water partition coefficient (Wildman–Crippen LogP) is 2.47. The molecule has 0 heterocycles. The number of hydrogen-bond acceptors (Lipinski definition) is 1. The molecule has 1 nitrogen and oxygen atoms in total. The molecule has 2 rings (SSSR count). The fourth-order valence-electron chi connectivity index (χ4n) is 1.44. The lowest BCUT2D eigenvalue weighted by Gasteiger charge is -1.97. The summed E-state index contributed by atoms with van der Waals surface area (Å²) in [4.78, 5) is 11.0. The lowest BCUT2D eigenvalue weighted by atomic mass is 10.1. The van der Waals surface area contributed by atoms with Crippen molar-refractivity contribution in [3.63, 3.8) is 0 Å². The second kappa shape index (κ2) is 2.87. The lowest BCUT2D eigenvalue weighted by Crippen LogP contribution is -2.06. The van der Waals surface area contributed by atoms with Gasteiger partial charge in [-0.15, -0.1) is 0 Å². The van der Waals surface area contributed by atoms with Crippen LogP contribution in [0.1, 0.15) is 15.9 Å². The quantitative estimate of drug-likeness (QED) is 0.643. The third kappa shape index (κ3) is 1.29. The van der Waals surface area contributed by atoms with Crippen LogP contribution in [-0.2, 0) is 6.42 Å². The van der Waals surface area contributed by atoms with Crippen molar-refractivity contribution in [1.82, 2.24) is 0 Å². The highest BCUT2D eigenvalue weighted by Gasteiger charge is 2.29. The van der Waals surface area contributed by atoms with Gasteiger partial charge in [0, 0.05) is 5.56 Å². The molecule has 0 fully saturated rings. The zero-order chi connectivity index (χ0) is 9.59. The molecule has 0 aliphatic heterocycles. The zero-order valence-electron chi connectivity index (χ0n) is 6.48. The summed E-state index contributed by atoms with van der Waals surface area (Å²) >= 11 is 3.14. The van der Waals surface area contributed by atoms with Gasteiger partial charge in [-0.25, -0.2) is 8.78 Å². The van der Waals surface area contributed by atoms with Gasteiger partial charge in [-0.05, 0) is 24.1 Å². The Labute approximate surface area is 81.9 Å². The highest BCUT2D eigenvalue weighted by molar-refractivity contribution is 9.10. The molecule has 0 amide bonds. The van der Waals surface area contributed by atoms with Crippen LogP contribution in [0.2, 0.25) is 0 Å². The first kappa shape index (κ1) is 8.81. The second-order valence-electron chi connectivity index (χ2n) is 2.96. The van der Waals surface area contributed by atoms with Crippen molar-refractivity contribution in [3.05, 3.63) is 34.9 Å². The second-order valence-corrected chi connectivity index (χ2v) is 4.06. The minimum Gasteiger partial charge on any atom is -0.293 e. The number of benzene rings is 1. The molecule has 1 aromatic carbocycles. The molecule has 0 N–H and O–H groups in total. The van der Waals surface area contributed by atoms with Crippen LogP contribution in [0.4, 0.5) is 8.78 Å². The van der Waals surface area contributed by atoms with E-state index in [1.807, 2.05) is 0 Å². The molecule has 0 spiro atoms. The number of halogens is 3. The maximum Gasteiger partial charge on any atom is 0.177 e. The summed E-state index contributed by atoms with van der Waals surface area (Å²) in [5.74, 6) is -2.03. The number of hydrogen-bond donors (Lipinski definition) is 0. The topological polar surface area (TPSA) is 17.1 Å². The lowest BCUT2D eigenvalue weighted by molar-refractivity contribution is 0.100. The van der Waals surface area contributed by atoms with Crippen LogP contribution in [0.25, 0.3) is 0 Å². The van der Waals surface area contributed by atoms with E-state index in [1.165, 1.54) is 0 Å². The average molecular weight is 247 g/mol. The van der Waals surface area contributed by atoms with E-state index in [4.69, 9.17) is 0 Å². The molecule has 0 unspecified atom stereocenters. The third-order valence-corrected chi connectivity index (χ3v) is 2.83. The fraction of sp³-hybridized carbons (Fsp3) is 0.222. The van der Waals surface area contributed by atoms with E-state index in [0.717, 1.165) is 12.1 Å². The summed E-state index contributed by atoms with van der Waals surface area (Å²) in [5, 5.41) is 0. The molecule has 0 radical (unpaired) electrons.